The van der Waals surface area contributed by atoms with E-state index in [0.717, 1.165) is 11.3 Å². The van der Waals surface area contributed by atoms with E-state index in [1.54, 1.807) is 37.3 Å². The monoisotopic (exact) mass is 331 g/mol. The Morgan fingerprint density at radius 3 is 2.26 bits per heavy atom. The maximum atomic E-state index is 12.2. The maximum absolute atomic E-state index is 12.2. The molecule has 0 aliphatic rings. The highest BCUT2D eigenvalue weighted by atomic mass is 35.5. The number of benzene rings is 2. The van der Waals surface area contributed by atoms with Crippen LogP contribution in [0.5, 0.6) is 0 Å². The zero-order valence-electron chi connectivity index (χ0n) is 12.9. The van der Waals surface area contributed by atoms with Gasteiger partial charge < -0.3 is 16.4 Å². The smallest absolute Gasteiger partial charge is 0.248 e. The van der Waals surface area contributed by atoms with Crippen LogP contribution in [0.2, 0.25) is 5.02 Å². The first-order chi connectivity index (χ1) is 10.9. The largest absolute Gasteiger partial charge is 0.374 e. The number of primary amides is 1. The Bertz CT molecular complexity index is 729. The van der Waals surface area contributed by atoms with Crippen LogP contribution in [0.25, 0.3) is 0 Å². The van der Waals surface area contributed by atoms with Gasteiger partial charge in [0, 0.05) is 22.0 Å². The van der Waals surface area contributed by atoms with Crippen LogP contribution in [0.3, 0.4) is 0 Å². The second-order valence-corrected chi connectivity index (χ2v) is 5.67. The predicted octanol–water partition coefficient (Wildman–Crippen LogP) is 3.19. The molecule has 1 atom stereocenters. The van der Waals surface area contributed by atoms with E-state index < -0.39 is 11.9 Å². The average molecular weight is 332 g/mol. The minimum atomic E-state index is -0.505. The number of aryl methyl sites for hydroxylation is 1. The van der Waals surface area contributed by atoms with E-state index in [2.05, 4.69) is 10.6 Å². The van der Waals surface area contributed by atoms with E-state index in [-0.39, 0.29) is 5.91 Å². The van der Waals surface area contributed by atoms with E-state index in [0.29, 0.717) is 16.3 Å². The van der Waals surface area contributed by atoms with Gasteiger partial charge in [-0.25, -0.2) is 0 Å². The van der Waals surface area contributed by atoms with Gasteiger partial charge in [-0.2, -0.15) is 0 Å². The van der Waals surface area contributed by atoms with Crippen LogP contribution in [-0.2, 0) is 4.79 Å². The molecule has 6 heteroatoms. The predicted molar refractivity (Wildman–Crippen MR) is 92.9 cm³/mol. The summed E-state index contributed by atoms with van der Waals surface area (Å²) in [6.45, 7) is 3.67. The molecule has 0 spiro atoms. The lowest BCUT2D eigenvalue weighted by molar-refractivity contribution is -0.116. The molecule has 0 saturated heterocycles. The van der Waals surface area contributed by atoms with Crippen LogP contribution < -0.4 is 16.4 Å². The molecule has 2 aromatic carbocycles. The molecule has 2 rings (SSSR count). The molecule has 5 nitrogen and oxygen atoms in total. The molecular formula is C17H18ClN3O2. The van der Waals surface area contributed by atoms with Gasteiger partial charge in [0.2, 0.25) is 11.8 Å². The zero-order valence-corrected chi connectivity index (χ0v) is 13.6. The standard InChI is InChI=1S/C17H18ClN3O2/c1-10-3-6-14(9-15(10)18)20-11(2)17(23)21-13-7-4-12(5-8-13)16(19)22/h3-9,11,20H,1-2H3,(H2,19,22)(H,21,23). The number of carbonyl (C=O) groups excluding carboxylic acids is 2. The first kappa shape index (κ1) is 16.8. The molecule has 2 aromatic rings. The quantitative estimate of drug-likeness (QED) is 0.786. The normalized spacial score (nSPS) is 11.6. The van der Waals surface area contributed by atoms with Crippen molar-refractivity contribution in [3.8, 4) is 0 Å². The minimum absolute atomic E-state index is 0.200. The van der Waals surface area contributed by atoms with E-state index in [1.165, 1.54) is 0 Å². The van der Waals surface area contributed by atoms with Crippen molar-refractivity contribution in [1.82, 2.24) is 0 Å². The van der Waals surface area contributed by atoms with Gasteiger partial charge >= 0.3 is 0 Å². The molecule has 0 aliphatic carbocycles. The van der Waals surface area contributed by atoms with Crippen molar-refractivity contribution >= 4 is 34.8 Å². The van der Waals surface area contributed by atoms with Gasteiger partial charge in [0.1, 0.15) is 6.04 Å². The third kappa shape index (κ3) is 4.47. The van der Waals surface area contributed by atoms with Gasteiger partial charge in [0.05, 0.1) is 0 Å². The third-order valence-electron chi connectivity index (χ3n) is 3.39. The highest BCUT2D eigenvalue weighted by Crippen LogP contribution is 2.20. The van der Waals surface area contributed by atoms with Crippen molar-refractivity contribution in [2.75, 3.05) is 10.6 Å². The lowest BCUT2D eigenvalue weighted by Crippen LogP contribution is -2.31. The second-order valence-electron chi connectivity index (χ2n) is 5.26. The molecule has 0 radical (unpaired) electrons. The molecule has 0 heterocycles. The van der Waals surface area contributed by atoms with E-state index in [1.807, 2.05) is 19.1 Å². The number of halogens is 1. The Morgan fingerprint density at radius 1 is 1.09 bits per heavy atom. The van der Waals surface area contributed by atoms with Gasteiger partial charge in [0.15, 0.2) is 0 Å². The first-order valence-electron chi connectivity index (χ1n) is 7.10. The molecule has 0 fully saturated rings. The van der Waals surface area contributed by atoms with Crippen molar-refractivity contribution < 1.29 is 9.59 Å². The molecule has 120 valence electrons. The van der Waals surface area contributed by atoms with Crippen molar-refractivity contribution in [3.05, 3.63) is 58.6 Å². The van der Waals surface area contributed by atoms with Crippen LogP contribution >= 0.6 is 11.6 Å². The third-order valence-corrected chi connectivity index (χ3v) is 3.79. The fourth-order valence-corrected chi connectivity index (χ4v) is 2.15. The van der Waals surface area contributed by atoms with Crippen LogP contribution in [0.1, 0.15) is 22.8 Å². The van der Waals surface area contributed by atoms with Crippen molar-refractivity contribution in [2.45, 2.75) is 19.9 Å². The summed E-state index contributed by atoms with van der Waals surface area (Å²) in [7, 11) is 0. The Balaban J connectivity index is 1.99. The van der Waals surface area contributed by atoms with Crippen molar-refractivity contribution in [3.63, 3.8) is 0 Å². The summed E-state index contributed by atoms with van der Waals surface area (Å²) in [5.74, 6) is -0.706. The summed E-state index contributed by atoms with van der Waals surface area (Å²) in [5, 5.41) is 6.50. The average Bonchev–Trinajstić information content (AvgIpc) is 2.51. The summed E-state index contributed by atoms with van der Waals surface area (Å²) in [5.41, 5.74) is 7.91. The molecular weight excluding hydrogens is 314 g/mol. The number of carbonyl (C=O) groups is 2. The molecule has 0 bridgehead atoms. The second kappa shape index (κ2) is 7.15. The lowest BCUT2D eigenvalue weighted by atomic mass is 10.2. The van der Waals surface area contributed by atoms with E-state index in [4.69, 9.17) is 17.3 Å². The van der Waals surface area contributed by atoms with Gasteiger partial charge in [-0.3, -0.25) is 9.59 Å². The Labute approximate surface area is 139 Å². The fourth-order valence-electron chi connectivity index (χ4n) is 1.97. The topological polar surface area (TPSA) is 84.2 Å². The number of rotatable bonds is 5. The van der Waals surface area contributed by atoms with Crippen LogP contribution in [0, 0.1) is 6.92 Å². The Morgan fingerprint density at radius 2 is 1.70 bits per heavy atom. The highest BCUT2D eigenvalue weighted by molar-refractivity contribution is 6.31. The fraction of sp³-hybridized carbons (Fsp3) is 0.176. The van der Waals surface area contributed by atoms with Crippen LogP contribution in [-0.4, -0.2) is 17.9 Å². The van der Waals surface area contributed by atoms with Crippen LogP contribution in [0.4, 0.5) is 11.4 Å². The number of nitrogens with two attached hydrogens (primary N) is 1. The van der Waals surface area contributed by atoms with Gasteiger partial charge in [-0.1, -0.05) is 17.7 Å². The highest BCUT2D eigenvalue weighted by Gasteiger charge is 2.13. The number of hydrogen-bond donors (Lipinski definition) is 3. The maximum Gasteiger partial charge on any atom is 0.248 e. The minimum Gasteiger partial charge on any atom is -0.374 e. The van der Waals surface area contributed by atoms with Gasteiger partial charge in [-0.15, -0.1) is 0 Å². The summed E-state index contributed by atoms with van der Waals surface area (Å²) >= 11 is 6.07. The summed E-state index contributed by atoms with van der Waals surface area (Å²) in [6.07, 6.45) is 0. The van der Waals surface area contributed by atoms with E-state index >= 15 is 0 Å². The number of amides is 2. The van der Waals surface area contributed by atoms with Crippen molar-refractivity contribution in [1.29, 1.82) is 0 Å². The molecule has 1 unspecified atom stereocenters. The van der Waals surface area contributed by atoms with Crippen LogP contribution in [0.15, 0.2) is 42.5 Å². The number of nitrogens with one attached hydrogen (secondary N) is 2. The Hall–Kier alpha value is -2.53. The van der Waals surface area contributed by atoms with Crippen molar-refractivity contribution in [2.24, 2.45) is 5.73 Å². The molecule has 4 N–H and O–H groups in total. The summed E-state index contributed by atoms with van der Waals surface area (Å²) in [4.78, 5) is 23.2. The lowest BCUT2D eigenvalue weighted by Gasteiger charge is -2.16. The number of anilines is 2. The summed E-state index contributed by atoms with van der Waals surface area (Å²) in [6, 6.07) is 11.5. The van der Waals surface area contributed by atoms with Gasteiger partial charge in [-0.05, 0) is 55.8 Å². The zero-order chi connectivity index (χ0) is 17.0. The molecule has 23 heavy (non-hydrogen) atoms. The van der Waals surface area contributed by atoms with Gasteiger partial charge in [0.25, 0.3) is 0 Å². The number of hydrogen-bond acceptors (Lipinski definition) is 3. The summed E-state index contributed by atoms with van der Waals surface area (Å²) < 4.78 is 0. The first-order valence-corrected chi connectivity index (χ1v) is 7.48. The molecule has 0 saturated carbocycles. The Kier molecular flexibility index (Phi) is 5.24. The molecule has 2 amide bonds. The molecule has 0 aromatic heterocycles. The molecule has 0 aliphatic heterocycles. The van der Waals surface area contributed by atoms with E-state index in [9.17, 15) is 9.59 Å². The SMILES string of the molecule is Cc1ccc(NC(C)C(=O)Nc2ccc(C(N)=O)cc2)cc1Cl.